The van der Waals surface area contributed by atoms with E-state index in [-0.39, 0.29) is 23.4 Å². The minimum absolute atomic E-state index is 0.0194. The number of alkyl halides is 3. The predicted octanol–water partition coefficient (Wildman–Crippen LogP) is 2.57. The van der Waals surface area contributed by atoms with Gasteiger partial charge in [-0.3, -0.25) is 4.79 Å². The number of rotatable bonds is 6. The summed E-state index contributed by atoms with van der Waals surface area (Å²) in [7, 11) is 1.55. The van der Waals surface area contributed by atoms with E-state index in [1.807, 2.05) is 0 Å². The lowest BCUT2D eigenvalue weighted by atomic mass is 10.1. The van der Waals surface area contributed by atoms with Crippen LogP contribution in [0.3, 0.4) is 0 Å². The van der Waals surface area contributed by atoms with Gasteiger partial charge in [-0.1, -0.05) is 23.4 Å². The van der Waals surface area contributed by atoms with Gasteiger partial charge in [0.1, 0.15) is 11.1 Å². The van der Waals surface area contributed by atoms with Crippen LogP contribution in [0.15, 0.2) is 30.5 Å². The molecule has 1 amide bonds. The highest BCUT2D eigenvalue weighted by atomic mass is 32.2. The zero-order valence-electron chi connectivity index (χ0n) is 13.9. The summed E-state index contributed by atoms with van der Waals surface area (Å²) in [6, 6.07) is 5.38. The molecule has 3 rings (SSSR count). The fourth-order valence-electron chi connectivity index (χ4n) is 2.74. The number of aromatic nitrogens is 3. The van der Waals surface area contributed by atoms with E-state index in [1.165, 1.54) is 28.6 Å². The van der Waals surface area contributed by atoms with Gasteiger partial charge in [0.15, 0.2) is 0 Å². The van der Waals surface area contributed by atoms with Crippen LogP contribution in [0.25, 0.3) is 0 Å². The number of hydrogen-bond acceptors (Lipinski definition) is 5. The quantitative estimate of drug-likeness (QED) is 0.764. The van der Waals surface area contributed by atoms with Crippen LogP contribution in [0.2, 0.25) is 0 Å². The molecule has 0 bridgehead atoms. The molecule has 1 unspecified atom stereocenters. The molecule has 1 fully saturated rings. The molecular weight excluding hydrogens is 369 g/mol. The number of ether oxygens (including phenoxy) is 1. The molecule has 10 heteroatoms. The summed E-state index contributed by atoms with van der Waals surface area (Å²) >= 11 is 1.41. The van der Waals surface area contributed by atoms with Crippen LogP contribution in [0.1, 0.15) is 22.2 Å². The van der Waals surface area contributed by atoms with Crippen LogP contribution in [-0.2, 0) is 22.3 Å². The van der Waals surface area contributed by atoms with Crippen molar-refractivity contribution in [2.45, 2.75) is 18.1 Å². The zero-order valence-corrected chi connectivity index (χ0v) is 14.8. The standard InChI is InChI=1S/C16H17F3N4O2S/c1-25-7-6-23-14(24)10-26-15(23)13-9-22(21-20-13)8-11-4-2-3-5-12(11)16(17,18)19/h2-5,9,15H,6-8,10H2,1H3. The van der Waals surface area contributed by atoms with Gasteiger partial charge in [0.2, 0.25) is 5.91 Å². The number of hydrogen-bond donors (Lipinski definition) is 0. The molecule has 2 heterocycles. The Morgan fingerprint density at radius 3 is 2.85 bits per heavy atom. The molecule has 1 saturated heterocycles. The average molecular weight is 386 g/mol. The maximum absolute atomic E-state index is 13.1. The van der Waals surface area contributed by atoms with E-state index in [0.29, 0.717) is 24.6 Å². The predicted molar refractivity (Wildman–Crippen MR) is 89.4 cm³/mol. The van der Waals surface area contributed by atoms with Gasteiger partial charge < -0.3 is 9.64 Å². The van der Waals surface area contributed by atoms with Crippen LogP contribution in [-0.4, -0.2) is 51.8 Å². The largest absolute Gasteiger partial charge is 0.416 e. The number of methoxy groups -OCH3 is 1. The smallest absolute Gasteiger partial charge is 0.383 e. The van der Waals surface area contributed by atoms with Crippen molar-refractivity contribution in [2.75, 3.05) is 26.0 Å². The van der Waals surface area contributed by atoms with E-state index in [1.54, 1.807) is 24.3 Å². The van der Waals surface area contributed by atoms with Gasteiger partial charge in [-0.25, -0.2) is 4.68 Å². The first kappa shape index (κ1) is 18.7. The monoisotopic (exact) mass is 386 g/mol. The summed E-state index contributed by atoms with van der Waals surface area (Å²) in [5.41, 5.74) is -0.0338. The molecule has 1 aliphatic rings. The Morgan fingerprint density at radius 2 is 2.12 bits per heavy atom. The molecule has 140 valence electrons. The van der Waals surface area contributed by atoms with Gasteiger partial charge in [0.25, 0.3) is 0 Å². The topological polar surface area (TPSA) is 60.2 Å². The Balaban J connectivity index is 1.78. The van der Waals surface area contributed by atoms with Crippen molar-refractivity contribution < 1.29 is 22.7 Å². The number of nitrogens with zero attached hydrogens (tertiary/aromatic N) is 4. The Morgan fingerprint density at radius 1 is 1.35 bits per heavy atom. The first-order chi connectivity index (χ1) is 12.4. The van der Waals surface area contributed by atoms with Crippen LogP contribution >= 0.6 is 11.8 Å². The van der Waals surface area contributed by atoms with Gasteiger partial charge >= 0.3 is 6.18 Å². The molecule has 0 saturated carbocycles. The lowest BCUT2D eigenvalue weighted by molar-refractivity contribution is -0.138. The van der Waals surface area contributed by atoms with Gasteiger partial charge in [0, 0.05) is 13.7 Å². The van der Waals surface area contributed by atoms with Gasteiger partial charge in [0.05, 0.1) is 30.7 Å². The first-order valence-electron chi connectivity index (χ1n) is 7.85. The fourth-order valence-corrected chi connectivity index (χ4v) is 3.89. The maximum atomic E-state index is 13.1. The summed E-state index contributed by atoms with van der Waals surface area (Å²) in [4.78, 5) is 13.6. The zero-order chi connectivity index (χ0) is 18.7. The number of thioether (sulfide) groups is 1. The molecule has 0 aliphatic carbocycles. The van der Waals surface area contributed by atoms with E-state index in [4.69, 9.17) is 4.74 Å². The molecule has 0 N–H and O–H groups in total. The molecule has 1 atom stereocenters. The second-order valence-corrected chi connectivity index (χ2v) is 6.81. The maximum Gasteiger partial charge on any atom is 0.416 e. The van der Waals surface area contributed by atoms with Crippen molar-refractivity contribution in [3.8, 4) is 0 Å². The third-order valence-corrected chi connectivity index (χ3v) is 5.19. The summed E-state index contributed by atoms with van der Waals surface area (Å²) in [6.07, 6.45) is -2.84. The Hall–Kier alpha value is -2.07. The molecule has 1 aromatic heterocycles. The van der Waals surface area contributed by atoms with E-state index < -0.39 is 11.7 Å². The second-order valence-electron chi connectivity index (χ2n) is 5.74. The first-order valence-corrected chi connectivity index (χ1v) is 8.90. The highest BCUT2D eigenvalue weighted by Crippen LogP contribution is 2.37. The highest BCUT2D eigenvalue weighted by Gasteiger charge is 2.35. The Kier molecular flexibility index (Phi) is 5.52. The average Bonchev–Trinajstić information content (AvgIpc) is 3.19. The van der Waals surface area contributed by atoms with Crippen LogP contribution in [0.5, 0.6) is 0 Å². The van der Waals surface area contributed by atoms with Crippen molar-refractivity contribution in [2.24, 2.45) is 0 Å². The summed E-state index contributed by atoms with van der Waals surface area (Å²) in [5.74, 6) is 0.312. The van der Waals surface area contributed by atoms with Crippen molar-refractivity contribution in [1.82, 2.24) is 19.9 Å². The van der Waals surface area contributed by atoms with Crippen LogP contribution < -0.4 is 0 Å². The normalized spacial score (nSPS) is 17.9. The van der Waals surface area contributed by atoms with E-state index >= 15 is 0 Å². The van der Waals surface area contributed by atoms with E-state index in [2.05, 4.69) is 10.3 Å². The molecule has 0 radical (unpaired) electrons. The number of benzene rings is 1. The van der Waals surface area contributed by atoms with E-state index in [9.17, 15) is 18.0 Å². The number of amides is 1. The summed E-state index contributed by atoms with van der Waals surface area (Å²) < 4.78 is 45.7. The third-order valence-electron chi connectivity index (χ3n) is 3.97. The van der Waals surface area contributed by atoms with Crippen molar-refractivity contribution in [3.63, 3.8) is 0 Å². The van der Waals surface area contributed by atoms with Crippen molar-refractivity contribution >= 4 is 17.7 Å². The molecule has 0 spiro atoms. The Bertz CT molecular complexity index is 781. The van der Waals surface area contributed by atoms with Gasteiger partial charge in [-0.2, -0.15) is 13.2 Å². The van der Waals surface area contributed by atoms with Crippen LogP contribution in [0, 0.1) is 0 Å². The minimum atomic E-state index is -4.43. The minimum Gasteiger partial charge on any atom is -0.383 e. The lowest BCUT2D eigenvalue weighted by Gasteiger charge is -2.21. The van der Waals surface area contributed by atoms with Crippen LogP contribution in [0.4, 0.5) is 13.2 Å². The molecule has 1 aromatic carbocycles. The van der Waals surface area contributed by atoms with Gasteiger partial charge in [-0.05, 0) is 11.6 Å². The molecule has 6 nitrogen and oxygen atoms in total. The molecule has 1 aliphatic heterocycles. The van der Waals surface area contributed by atoms with Crippen molar-refractivity contribution in [1.29, 1.82) is 0 Å². The summed E-state index contributed by atoms with van der Waals surface area (Å²) in [6.45, 7) is 0.777. The number of carbonyl (C=O) groups is 1. The molecule has 26 heavy (non-hydrogen) atoms. The molecular formula is C16H17F3N4O2S. The molecule has 2 aromatic rings. The van der Waals surface area contributed by atoms with Crippen molar-refractivity contribution in [3.05, 3.63) is 47.3 Å². The highest BCUT2D eigenvalue weighted by molar-refractivity contribution is 8.00. The number of carbonyl (C=O) groups excluding carboxylic acids is 1. The van der Waals surface area contributed by atoms with Gasteiger partial charge in [-0.15, -0.1) is 16.9 Å². The number of halogens is 3. The Labute approximate surface area is 152 Å². The lowest BCUT2D eigenvalue weighted by Crippen LogP contribution is -2.31. The van der Waals surface area contributed by atoms with E-state index in [0.717, 1.165) is 6.07 Å². The SMILES string of the molecule is COCCN1C(=O)CSC1c1cn(Cc2ccccc2C(F)(F)F)nn1. The third kappa shape index (κ3) is 4.01. The summed E-state index contributed by atoms with van der Waals surface area (Å²) in [5, 5.41) is 7.69. The second kappa shape index (κ2) is 7.67. The fraction of sp³-hybridized carbons (Fsp3) is 0.438.